The van der Waals surface area contributed by atoms with E-state index in [1.807, 2.05) is 68.0 Å². The van der Waals surface area contributed by atoms with Crippen LogP contribution in [0, 0.1) is 30.1 Å². The van der Waals surface area contributed by atoms with Gasteiger partial charge in [-0.15, -0.1) is 0 Å². The number of carboxylic acid groups (broad SMARTS) is 1. The van der Waals surface area contributed by atoms with Crippen molar-refractivity contribution in [3.05, 3.63) is 88.7 Å². The van der Waals surface area contributed by atoms with Gasteiger partial charge >= 0.3 is 18.9 Å². The van der Waals surface area contributed by atoms with Crippen molar-refractivity contribution in [3.8, 4) is 11.1 Å². The number of aryl methyl sites for hydroxylation is 3. The Balaban J connectivity index is 0.00000400. The number of aliphatic carboxylic acids is 1. The number of hydrogen-bond donors (Lipinski definition) is 2. The summed E-state index contributed by atoms with van der Waals surface area (Å²) in [7, 11) is 0. The number of aromatic nitrogens is 1. The molecule has 0 spiro atoms. The van der Waals surface area contributed by atoms with Crippen molar-refractivity contribution < 1.29 is 38.7 Å². The Morgan fingerprint density at radius 1 is 1.02 bits per heavy atom. The Kier molecular flexibility index (Phi) is 10.9. The smallest absolute Gasteiger partial charge is 0.548 e. The number of thioether (sulfide) groups is 1. The first-order chi connectivity index (χ1) is 21.3. The van der Waals surface area contributed by atoms with Gasteiger partial charge in [0.05, 0.1) is 18.1 Å². The van der Waals surface area contributed by atoms with Crippen molar-refractivity contribution in [2.75, 3.05) is 12.0 Å². The number of carbonyl (C=O) groups is 2. The number of hydrogen-bond acceptors (Lipinski definition) is 6. The first-order valence-corrected chi connectivity index (χ1v) is 17.5. The minimum atomic E-state index is -1.27. The Morgan fingerprint density at radius 2 is 1.71 bits per heavy atom. The summed E-state index contributed by atoms with van der Waals surface area (Å²) in [5.41, 5.74) is 6.36. The Morgan fingerprint density at radius 3 is 2.36 bits per heavy atom. The molecule has 4 bridgehead atoms. The summed E-state index contributed by atoms with van der Waals surface area (Å²) in [5, 5.41) is 26.4. The standard InChI is InChI=1S/C37H44N2O4S.Li/c1-23-5-3-4-6-29(23)32-18-24(8-10-31(32)35(41)39-33(36(42)43)12-14-44-2)7-9-28-22-38-13-11-30(28)34(40)37-19-25-15-26(20-37)17-27(16-25)21-37;/h3-6,8,10-11,13,18,22,25-27,33-34,40H,7,9,12,14-17,19-21H2,1-2H3,(H,39,41)(H,42,43);/q;+1/p-1/t25?,26?,27?,33-,34?,37?;/m0./s1. The quantitative estimate of drug-likeness (QED) is 0.303. The summed E-state index contributed by atoms with van der Waals surface area (Å²) in [4.78, 5) is 29.7. The number of amides is 1. The fourth-order valence-corrected chi connectivity index (χ4v) is 9.27. The minimum Gasteiger partial charge on any atom is -0.548 e. The third-order valence-corrected chi connectivity index (χ3v) is 11.2. The van der Waals surface area contributed by atoms with Crippen LogP contribution in [0.1, 0.15) is 83.7 Å². The van der Waals surface area contributed by atoms with E-state index in [0.717, 1.165) is 83.2 Å². The van der Waals surface area contributed by atoms with E-state index in [9.17, 15) is 19.8 Å². The molecule has 8 heteroatoms. The summed E-state index contributed by atoms with van der Waals surface area (Å²) in [6.45, 7) is 2.01. The van der Waals surface area contributed by atoms with Crippen LogP contribution >= 0.6 is 11.8 Å². The van der Waals surface area contributed by atoms with Crippen molar-refractivity contribution in [2.45, 2.75) is 76.9 Å². The van der Waals surface area contributed by atoms with Crippen molar-refractivity contribution in [1.29, 1.82) is 0 Å². The van der Waals surface area contributed by atoms with Gasteiger partial charge in [0, 0.05) is 23.4 Å². The number of aliphatic hydroxyl groups excluding tert-OH is 1. The van der Waals surface area contributed by atoms with E-state index in [1.54, 1.807) is 0 Å². The second-order valence-corrected chi connectivity index (χ2v) is 14.6. The van der Waals surface area contributed by atoms with Crippen LogP contribution in [0.15, 0.2) is 60.9 Å². The van der Waals surface area contributed by atoms with Crippen molar-refractivity contribution in [1.82, 2.24) is 10.3 Å². The van der Waals surface area contributed by atoms with Crippen LogP contribution in [0.25, 0.3) is 11.1 Å². The van der Waals surface area contributed by atoms with Crippen LogP contribution < -0.4 is 29.3 Å². The molecule has 1 aromatic heterocycles. The molecule has 45 heavy (non-hydrogen) atoms. The molecule has 0 radical (unpaired) electrons. The number of carboxylic acids is 1. The number of pyridine rings is 1. The average Bonchev–Trinajstić information content (AvgIpc) is 3.01. The van der Waals surface area contributed by atoms with Gasteiger partial charge in [0.2, 0.25) is 0 Å². The molecule has 4 fully saturated rings. The predicted octanol–water partition coefficient (Wildman–Crippen LogP) is 2.70. The van der Waals surface area contributed by atoms with Gasteiger partial charge in [-0.25, -0.2) is 0 Å². The Bertz CT molecular complexity index is 1490. The van der Waals surface area contributed by atoms with E-state index in [1.165, 1.54) is 31.0 Å². The monoisotopic (exact) mass is 618 g/mol. The van der Waals surface area contributed by atoms with Crippen molar-refractivity contribution in [3.63, 3.8) is 0 Å². The first-order valence-electron chi connectivity index (χ1n) is 16.1. The molecule has 1 amide bonds. The van der Waals surface area contributed by atoms with Gasteiger partial charge in [-0.2, -0.15) is 11.8 Å². The Hall–Kier alpha value is -2.56. The molecular formula is C37H43LiN2O4S. The van der Waals surface area contributed by atoms with E-state index in [2.05, 4.69) is 16.4 Å². The number of rotatable bonds is 12. The summed E-state index contributed by atoms with van der Waals surface area (Å²) in [6.07, 6.45) is 14.4. The van der Waals surface area contributed by atoms with Gasteiger partial charge < -0.3 is 20.3 Å². The van der Waals surface area contributed by atoms with E-state index >= 15 is 0 Å². The van der Waals surface area contributed by atoms with Crippen LogP contribution in [0.2, 0.25) is 0 Å². The van der Waals surface area contributed by atoms with E-state index in [0.29, 0.717) is 17.7 Å². The zero-order chi connectivity index (χ0) is 30.8. The van der Waals surface area contributed by atoms with Gasteiger partial charge in [-0.05, 0) is 140 Å². The molecule has 2 atom stereocenters. The van der Waals surface area contributed by atoms with Crippen LogP contribution in [-0.4, -0.2) is 40.0 Å². The molecule has 2 N–H and O–H groups in total. The number of aliphatic hydroxyl groups is 1. The predicted molar refractivity (Wildman–Crippen MR) is 173 cm³/mol. The summed E-state index contributed by atoms with van der Waals surface area (Å²) >= 11 is 1.53. The fourth-order valence-electron chi connectivity index (χ4n) is 8.80. The maximum Gasteiger partial charge on any atom is 1.00 e. The third kappa shape index (κ3) is 7.23. The van der Waals surface area contributed by atoms with E-state index in [4.69, 9.17) is 0 Å². The molecule has 2 aromatic carbocycles. The number of nitrogens with zero attached hydrogens (tertiary/aromatic N) is 1. The molecule has 6 nitrogen and oxygen atoms in total. The summed E-state index contributed by atoms with van der Waals surface area (Å²) < 4.78 is 0. The van der Waals surface area contributed by atoms with E-state index < -0.39 is 24.0 Å². The Labute approximate surface area is 283 Å². The zero-order valence-corrected chi connectivity index (χ0v) is 27.6. The number of carbonyl (C=O) groups excluding carboxylic acids is 2. The summed E-state index contributed by atoms with van der Waals surface area (Å²) in [6, 6.07) is 14.7. The molecule has 4 aliphatic rings. The fraction of sp³-hybridized carbons (Fsp3) is 0.486. The molecule has 232 valence electrons. The SMILES string of the molecule is CSCC[C@H](NC(=O)c1ccc(CCc2cnccc2C(O)C23CC4CC(CC(C4)C2)C3)cc1-c1ccccc1C)C(=O)[O-].[Li+]. The topological polar surface area (TPSA) is 102 Å². The van der Waals surface area contributed by atoms with E-state index in [-0.39, 0.29) is 24.3 Å². The molecular weight excluding hydrogens is 575 g/mol. The molecule has 4 saturated carbocycles. The number of nitrogens with one attached hydrogen (secondary N) is 1. The molecule has 0 aliphatic heterocycles. The second-order valence-electron chi connectivity index (χ2n) is 13.6. The molecule has 4 aliphatic carbocycles. The normalized spacial score (nSPS) is 24.5. The van der Waals surface area contributed by atoms with Crippen molar-refractivity contribution in [2.24, 2.45) is 23.2 Å². The second kappa shape index (κ2) is 14.5. The van der Waals surface area contributed by atoms with Crippen molar-refractivity contribution >= 4 is 23.6 Å². The molecule has 0 saturated heterocycles. The van der Waals surface area contributed by atoms with Gasteiger partial charge in [0.15, 0.2) is 0 Å². The van der Waals surface area contributed by atoms with Gasteiger partial charge in [-0.3, -0.25) is 9.78 Å². The van der Waals surface area contributed by atoms with Crippen LogP contribution in [0.5, 0.6) is 0 Å². The summed E-state index contributed by atoms with van der Waals surface area (Å²) in [5.74, 6) is 1.22. The molecule has 3 aromatic rings. The van der Waals surface area contributed by atoms with Crippen LogP contribution in [0.3, 0.4) is 0 Å². The van der Waals surface area contributed by atoms with Gasteiger partial charge in [0.1, 0.15) is 0 Å². The third-order valence-electron chi connectivity index (χ3n) is 10.5. The zero-order valence-electron chi connectivity index (χ0n) is 26.8. The molecule has 1 heterocycles. The van der Waals surface area contributed by atoms with Gasteiger partial charge in [0.25, 0.3) is 5.91 Å². The van der Waals surface area contributed by atoms with Crippen LogP contribution in [0.4, 0.5) is 0 Å². The first kappa shape index (κ1) is 33.8. The van der Waals surface area contributed by atoms with Gasteiger partial charge in [-0.1, -0.05) is 36.4 Å². The maximum atomic E-state index is 13.5. The largest absolute Gasteiger partial charge is 1.00 e. The molecule has 7 rings (SSSR count). The maximum absolute atomic E-state index is 13.5. The van der Waals surface area contributed by atoms with Crippen LogP contribution in [-0.2, 0) is 17.6 Å². The number of benzene rings is 2. The minimum absolute atomic E-state index is 0. The molecule has 1 unspecified atom stereocenters. The average molecular weight is 619 g/mol.